The number of nitrogens with two attached hydrogens (primary N) is 1. The summed E-state index contributed by atoms with van der Waals surface area (Å²) in [6, 6.07) is 0.640. The van der Waals surface area contributed by atoms with Gasteiger partial charge in [-0.3, -0.25) is 34.0 Å². The van der Waals surface area contributed by atoms with Crippen molar-refractivity contribution in [2.45, 2.75) is 102 Å². The maximum atomic E-state index is 13.8. The smallest absolute Gasteiger partial charge is 0.334 e. The molecule has 0 saturated heterocycles. The van der Waals surface area contributed by atoms with E-state index in [1.807, 2.05) is 6.92 Å². The molecule has 2 aromatic heterocycles. The number of carbonyl (C=O) groups excluding carboxylic acids is 1. The lowest BCUT2D eigenvalue weighted by molar-refractivity contribution is -0.136. The van der Waals surface area contributed by atoms with E-state index >= 15 is 0 Å². The van der Waals surface area contributed by atoms with Gasteiger partial charge in [-0.25, -0.2) is 9.78 Å². The van der Waals surface area contributed by atoms with Crippen molar-refractivity contribution < 1.29 is 14.6 Å². The fraction of sp³-hybridized carbons (Fsp3) is 0.655. The number of fused-ring (bicyclic) bond motifs is 2. The highest BCUT2D eigenvalue weighted by molar-refractivity contribution is 6.76. The van der Waals surface area contributed by atoms with Crippen LogP contribution < -0.4 is 21.9 Å². The molecule has 2 spiro atoms. The van der Waals surface area contributed by atoms with Crippen molar-refractivity contribution in [2.24, 2.45) is 11.1 Å². The van der Waals surface area contributed by atoms with Crippen molar-refractivity contribution in [2.75, 3.05) is 18.2 Å². The first-order valence-electron chi connectivity index (χ1n) is 15.0. The van der Waals surface area contributed by atoms with E-state index in [1.54, 1.807) is 17.3 Å². The largest absolute Gasteiger partial charge is 0.494 e. The second-order valence-electron chi connectivity index (χ2n) is 13.6. The molecule has 2 fully saturated rings. The Morgan fingerprint density at radius 1 is 1.17 bits per heavy atom. The Hall–Kier alpha value is -3.32. The fourth-order valence-corrected chi connectivity index (χ4v) is 7.84. The van der Waals surface area contributed by atoms with E-state index in [4.69, 9.17) is 15.9 Å². The minimum atomic E-state index is -1.26. The normalized spacial score (nSPS) is 25.2. The van der Waals surface area contributed by atoms with E-state index in [9.17, 15) is 19.5 Å². The number of hydrogen-bond donors (Lipinski definition) is 3. The number of amides is 1. The first kappa shape index (κ1) is 30.1. The summed E-state index contributed by atoms with van der Waals surface area (Å²) in [5, 5.41) is 18.5. The number of nitrogen functional groups attached to an aromatic ring is 1. The van der Waals surface area contributed by atoms with Gasteiger partial charge in [0.05, 0.1) is 11.1 Å². The average molecular weight is 598 g/mol. The van der Waals surface area contributed by atoms with Gasteiger partial charge in [-0.15, -0.1) is 0 Å². The zero-order valence-electron chi connectivity index (χ0n) is 25.1. The molecule has 1 amide bonds. The van der Waals surface area contributed by atoms with Gasteiger partial charge in [0.15, 0.2) is 5.82 Å². The molecule has 1 aliphatic heterocycles. The van der Waals surface area contributed by atoms with Crippen molar-refractivity contribution in [1.82, 2.24) is 19.1 Å². The zero-order valence-corrected chi connectivity index (χ0v) is 26.1. The van der Waals surface area contributed by atoms with Gasteiger partial charge in [0, 0.05) is 39.7 Å². The summed E-state index contributed by atoms with van der Waals surface area (Å²) in [5.41, 5.74) is 3.95. The van der Waals surface area contributed by atoms with E-state index in [2.05, 4.69) is 29.6 Å². The van der Waals surface area contributed by atoms with E-state index in [1.165, 1.54) is 4.57 Å². The number of nitrogens with zero attached hydrogens (tertiary/aromatic N) is 5. The molecule has 42 heavy (non-hydrogen) atoms. The number of rotatable bonds is 10. The first-order valence-corrected chi connectivity index (χ1v) is 18.7. The Morgan fingerprint density at radius 3 is 2.45 bits per heavy atom. The highest BCUT2D eigenvalue weighted by Gasteiger charge is 2.66. The highest BCUT2D eigenvalue weighted by atomic mass is 28.3. The minimum absolute atomic E-state index is 0.0101. The lowest BCUT2D eigenvalue weighted by Crippen LogP contribution is -2.57. The summed E-state index contributed by atoms with van der Waals surface area (Å²) in [7, 11) is -1.26. The molecule has 0 aromatic carbocycles. The molecule has 2 aromatic rings. The number of anilines is 1. The van der Waals surface area contributed by atoms with Crippen LogP contribution in [0.5, 0.6) is 5.88 Å². The Kier molecular flexibility index (Phi) is 7.94. The van der Waals surface area contributed by atoms with Gasteiger partial charge >= 0.3 is 5.69 Å². The van der Waals surface area contributed by atoms with Crippen molar-refractivity contribution in [3.8, 4) is 5.88 Å². The standard InChI is InChI=1S/C29H43N7O5Si/c1-5-6-13-34-24(37)20(22(30)31)25(38)36(27(34)40)19-7-9-28(10-8-19)16-29(17-28)21-23(33-12-11-32-21)35(26(29)39)18-41-14-15-42(2,3)4/h11-12,19,37H,5-10,13-18H2,1-4H3,(H3,30,31). The lowest BCUT2D eigenvalue weighted by atomic mass is 9.47. The highest BCUT2D eigenvalue weighted by Crippen LogP contribution is 2.65. The first-order chi connectivity index (χ1) is 19.8. The molecule has 0 radical (unpaired) electrons. The third-order valence-corrected chi connectivity index (χ3v) is 11.1. The van der Waals surface area contributed by atoms with Crippen LogP contribution in [0.3, 0.4) is 0 Å². The van der Waals surface area contributed by atoms with Crippen LogP contribution in [0.25, 0.3) is 0 Å². The Labute approximate surface area is 246 Å². The van der Waals surface area contributed by atoms with E-state index in [0.717, 1.165) is 35.6 Å². The third-order valence-electron chi connectivity index (χ3n) is 9.35. The van der Waals surface area contributed by atoms with Crippen LogP contribution in [0.15, 0.2) is 22.0 Å². The van der Waals surface area contributed by atoms with Crippen LogP contribution in [-0.4, -0.2) is 57.4 Å². The van der Waals surface area contributed by atoms with E-state index in [-0.39, 0.29) is 36.2 Å². The molecule has 3 heterocycles. The number of aromatic hydroxyl groups is 1. The molecule has 12 nitrogen and oxygen atoms in total. The number of unbranched alkanes of at least 4 members (excludes halogenated alkanes) is 1. The predicted octanol–water partition coefficient (Wildman–Crippen LogP) is 3.08. The summed E-state index contributed by atoms with van der Waals surface area (Å²) < 4.78 is 8.29. The molecular formula is C29H43N7O5Si. The van der Waals surface area contributed by atoms with Crippen LogP contribution in [0.1, 0.15) is 75.6 Å². The second-order valence-corrected chi connectivity index (χ2v) is 19.2. The van der Waals surface area contributed by atoms with Crippen molar-refractivity contribution in [3.63, 3.8) is 0 Å². The van der Waals surface area contributed by atoms with Crippen LogP contribution in [0, 0.1) is 10.8 Å². The van der Waals surface area contributed by atoms with Gasteiger partial charge in [0.1, 0.15) is 18.1 Å². The lowest BCUT2D eigenvalue weighted by Gasteiger charge is -2.56. The average Bonchev–Trinajstić information content (AvgIpc) is 3.14. The molecule has 4 N–H and O–H groups in total. The summed E-state index contributed by atoms with van der Waals surface area (Å²) in [6.45, 7) is 9.85. The summed E-state index contributed by atoms with van der Waals surface area (Å²) in [5.74, 6) is -0.523. The molecule has 2 aliphatic carbocycles. The van der Waals surface area contributed by atoms with Crippen molar-refractivity contribution >= 4 is 25.6 Å². The second kappa shape index (κ2) is 11.1. The van der Waals surface area contributed by atoms with Gasteiger partial charge in [-0.05, 0) is 56.4 Å². The van der Waals surface area contributed by atoms with Gasteiger partial charge in [0.2, 0.25) is 11.8 Å². The minimum Gasteiger partial charge on any atom is -0.494 e. The number of carbonyl (C=O) groups is 1. The van der Waals surface area contributed by atoms with Gasteiger partial charge in [-0.2, -0.15) is 0 Å². The van der Waals surface area contributed by atoms with Crippen molar-refractivity contribution in [3.05, 3.63) is 44.5 Å². The van der Waals surface area contributed by atoms with Gasteiger partial charge in [-0.1, -0.05) is 33.0 Å². The summed E-state index contributed by atoms with van der Waals surface area (Å²) >= 11 is 0. The molecule has 5 rings (SSSR count). The molecular weight excluding hydrogens is 554 g/mol. The third kappa shape index (κ3) is 5.10. The number of aromatic nitrogens is 4. The number of amidine groups is 1. The molecule has 0 atom stereocenters. The van der Waals surface area contributed by atoms with Crippen LogP contribution in [-0.2, 0) is 21.5 Å². The SMILES string of the molecule is CCCCn1c(O)c(C(=N)N)c(=O)n(C2CCC3(CC2)CC2(C3)C(=O)N(COCC[Si](C)(C)C)c3nccnc32)c1=O. The molecule has 2 saturated carbocycles. The molecule has 3 aliphatic rings. The van der Waals surface area contributed by atoms with Crippen molar-refractivity contribution in [1.29, 1.82) is 5.41 Å². The molecule has 0 bridgehead atoms. The fourth-order valence-electron chi connectivity index (χ4n) is 7.08. The number of ether oxygens (including phenoxy) is 1. The zero-order chi connectivity index (χ0) is 30.4. The Balaban J connectivity index is 1.33. The number of nitrogens with one attached hydrogen (secondary N) is 1. The Bertz CT molecular complexity index is 1500. The topological polar surface area (TPSA) is 169 Å². The van der Waals surface area contributed by atoms with Gasteiger partial charge in [0.25, 0.3) is 5.56 Å². The molecule has 13 heteroatoms. The summed E-state index contributed by atoms with van der Waals surface area (Å²) in [6.07, 6.45) is 8.60. The van der Waals surface area contributed by atoms with Crippen LogP contribution in [0.2, 0.25) is 25.7 Å². The molecule has 228 valence electrons. The maximum Gasteiger partial charge on any atom is 0.334 e. The van der Waals surface area contributed by atoms with E-state index in [0.29, 0.717) is 44.5 Å². The Morgan fingerprint density at radius 2 is 1.83 bits per heavy atom. The maximum absolute atomic E-state index is 13.8. The van der Waals surface area contributed by atoms with Crippen LogP contribution in [0.4, 0.5) is 5.82 Å². The van der Waals surface area contributed by atoms with E-state index < -0.39 is 36.5 Å². The molecule has 0 unspecified atom stereocenters. The summed E-state index contributed by atoms with van der Waals surface area (Å²) in [4.78, 5) is 51.3. The predicted molar refractivity (Wildman–Crippen MR) is 162 cm³/mol. The van der Waals surface area contributed by atoms with Gasteiger partial charge < -0.3 is 15.6 Å². The quantitative estimate of drug-likeness (QED) is 0.162. The monoisotopic (exact) mass is 597 g/mol. The number of hydrogen-bond acceptors (Lipinski definition) is 8. The van der Waals surface area contributed by atoms with Crippen LogP contribution >= 0.6 is 0 Å².